The number of nitrogens with one attached hydrogen (secondary N) is 1. The highest BCUT2D eigenvalue weighted by molar-refractivity contribution is 7.80. The molecular weight excluding hydrogens is 446 g/mol. The van der Waals surface area contributed by atoms with Gasteiger partial charge in [0.15, 0.2) is 5.11 Å². The first-order valence-corrected chi connectivity index (χ1v) is 11.7. The zero-order chi connectivity index (χ0) is 24.6. The van der Waals surface area contributed by atoms with Crippen LogP contribution >= 0.6 is 12.2 Å². The van der Waals surface area contributed by atoms with E-state index >= 15 is 0 Å². The SMILES string of the molecule is CCCN1c2cc(OC)c(/C=C3/C(=O)NC(=S)N(c4ccccc4)C3=O)cc2C(C)=CC1(C)C. The van der Waals surface area contributed by atoms with E-state index in [4.69, 9.17) is 17.0 Å². The van der Waals surface area contributed by atoms with Crippen molar-refractivity contribution in [3.8, 4) is 5.75 Å². The molecule has 0 spiro atoms. The highest BCUT2D eigenvalue weighted by atomic mass is 32.1. The third kappa shape index (κ3) is 4.12. The minimum absolute atomic E-state index is 0.00103. The first-order valence-electron chi connectivity index (χ1n) is 11.3. The van der Waals surface area contributed by atoms with Gasteiger partial charge in [0.05, 0.1) is 18.3 Å². The number of amides is 2. The molecule has 0 aliphatic carbocycles. The highest BCUT2D eigenvalue weighted by Crippen LogP contribution is 2.42. The van der Waals surface area contributed by atoms with Gasteiger partial charge >= 0.3 is 0 Å². The fraction of sp³-hybridized carbons (Fsp3) is 0.296. The Hall–Kier alpha value is -3.45. The summed E-state index contributed by atoms with van der Waals surface area (Å²) in [4.78, 5) is 29.9. The Kier molecular flexibility index (Phi) is 6.32. The minimum Gasteiger partial charge on any atom is -0.496 e. The lowest BCUT2D eigenvalue weighted by Gasteiger charge is -2.43. The number of nitrogens with zero attached hydrogens (tertiary/aromatic N) is 2. The van der Waals surface area contributed by atoms with E-state index in [-0.39, 0.29) is 16.2 Å². The number of para-hydroxylation sites is 1. The third-order valence-corrected chi connectivity index (χ3v) is 6.48. The molecule has 2 heterocycles. The van der Waals surface area contributed by atoms with Gasteiger partial charge in [-0.3, -0.25) is 19.8 Å². The van der Waals surface area contributed by atoms with Crippen LogP contribution < -0.4 is 19.9 Å². The van der Waals surface area contributed by atoms with Crippen molar-refractivity contribution < 1.29 is 14.3 Å². The highest BCUT2D eigenvalue weighted by Gasteiger charge is 2.35. The fourth-order valence-corrected chi connectivity index (χ4v) is 4.95. The Labute approximate surface area is 205 Å². The third-order valence-electron chi connectivity index (χ3n) is 6.19. The molecule has 2 aliphatic rings. The summed E-state index contributed by atoms with van der Waals surface area (Å²) in [6, 6.07) is 13.0. The summed E-state index contributed by atoms with van der Waals surface area (Å²) in [6.45, 7) is 9.54. The van der Waals surface area contributed by atoms with Crippen LogP contribution in [0.1, 0.15) is 45.2 Å². The number of carbonyl (C=O) groups excluding carboxylic acids is 2. The van der Waals surface area contributed by atoms with E-state index in [2.05, 4.69) is 44.0 Å². The van der Waals surface area contributed by atoms with Crippen LogP contribution in [0, 0.1) is 0 Å². The average molecular weight is 476 g/mol. The number of hydrogen-bond acceptors (Lipinski definition) is 5. The fourth-order valence-electron chi connectivity index (χ4n) is 4.67. The molecule has 0 radical (unpaired) electrons. The van der Waals surface area contributed by atoms with E-state index in [0.29, 0.717) is 17.0 Å². The van der Waals surface area contributed by atoms with Crippen molar-refractivity contribution in [2.24, 2.45) is 0 Å². The average Bonchev–Trinajstić information content (AvgIpc) is 2.79. The van der Waals surface area contributed by atoms with Crippen molar-refractivity contribution in [2.45, 2.75) is 39.7 Å². The lowest BCUT2D eigenvalue weighted by Crippen LogP contribution is -2.54. The Morgan fingerprint density at radius 3 is 2.50 bits per heavy atom. The molecule has 0 aromatic heterocycles. The Morgan fingerprint density at radius 1 is 1.15 bits per heavy atom. The molecule has 1 saturated heterocycles. The molecule has 4 rings (SSSR count). The molecule has 6 nitrogen and oxygen atoms in total. The second-order valence-corrected chi connectivity index (χ2v) is 9.42. The van der Waals surface area contributed by atoms with Crippen LogP contribution in [0.2, 0.25) is 0 Å². The molecule has 1 N–H and O–H groups in total. The van der Waals surface area contributed by atoms with E-state index in [9.17, 15) is 9.59 Å². The van der Waals surface area contributed by atoms with E-state index in [1.807, 2.05) is 30.3 Å². The normalized spacial score (nSPS) is 18.6. The number of ether oxygens (including phenoxy) is 1. The Bertz CT molecular complexity index is 1230. The molecule has 0 atom stereocenters. The van der Waals surface area contributed by atoms with Gasteiger partial charge in [-0.05, 0) is 69.3 Å². The number of hydrogen-bond donors (Lipinski definition) is 1. The molecule has 176 valence electrons. The van der Waals surface area contributed by atoms with Gasteiger partial charge in [0.1, 0.15) is 11.3 Å². The van der Waals surface area contributed by atoms with Crippen molar-refractivity contribution in [1.82, 2.24) is 5.32 Å². The summed E-state index contributed by atoms with van der Waals surface area (Å²) in [5.74, 6) is -0.401. The molecule has 34 heavy (non-hydrogen) atoms. The van der Waals surface area contributed by atoms with E-state index in [0.717, 1.165) is 29.8 Å². The zero-order valence-electron chi connectivity index (χ0n) is 20.1. The van der Waals surface area contributed by atoms with Crippen molar-refractivity contribution in [3.05, 3.63) is 65.2 Å². The summed E-state index contributed by atoms with van der Waals surface area (Å²) >= 11 is 5.29. The quantitative estimate of drug-likeness (QED) is 0.377. The van der Waals surface area contributed by atoms with Crippen molar-refractivity contribution >= 4 is 52.2 Å². The van der Waals surface area contributed by atoms with Crippen LogP contribution in [0.4, 0.5) is 11.4 Å². The number of carbonyl (C=O) groups is 2. The number of benzene rings is 2. The topological polar surface area (TPSA) is 61.9 Å². The van der Waals surface area contributed by atoms with Gasteiger partial charge in [-0.15, -0.1) is 0 Å². The van der Waals surface area contributed by atoms with Crippen LogP contribution in [-0.4, -0.2) is 36.1 Å². The molecule has 0 saturated carbocycles. The molecule has 2 aromatic carbocycles. The van der Waals surface area contributed by atoms with Gasteiger partial charge < -0.3 is 9.64 Å². The second-order valence-electron chi connectivity index (χ2n) is 9.04. The second kappa shape index (κ2) is 9.06. The van der Waals surface area contributed by atoms with Crippen LogP contribution in [-0.2, 0) is 9.59 Å². The van der Waals surface area contributed by atoms with Gasteiger partial charge in [0, 0.05) is 29.4 Å². The van der Waals surface area contributed by atoms with Gasteiger partial charge in [0.25, 0.3) is 11.8 Å². The lowest BCUT2D eigenvalue weighted by atomic mass is 9.87. The largest absolute Gasteiger partial charge is 0.496 e. The van der Waals surface area contributed by atoms with Gasteiger partial charge in [-0.1, -0.05) is 31.2 Å². The lowest BCUT2D eigenvalue weighted by molar-refractivity contribution is -0.122. The van der Waals surface area contributed by atoms with Gasteiger partial charge in [0.2, 0.25) is 0 Å². The van der Waals surface area contributed by atoms with Gasteiger partial charge in [-0.2, -0.15) is 0 Å². The number of methoxy groups -OCH3 is 1. The monoisotopic (exact) mass is 475 g/mol. The first kappa shape index (κ1) is 23.7. The van der Waals surface area contributed by atoms with E-state index in [1.165, 1.54) is 4.90 Å². The molecule has 7 heteroatoms. The number of anilines is 2. The molecule has 0 unspecified atom stereocenters. The minimum atomic E-state index is -0.525. The van der Waals surface area contributed by atoms with Crippen molar-refractivity contribution in [1.29, 1.82) is 0 Å². The van der Waals surface area contributed by atoms with Crippen molar-refractivity contribution in [3.63, 3.8) is 0 Å². The zero-order valence-corrected chi connectivity index (χ0v) is 21.0. The Morgan fingerprint density at radius 2 is 1.85 bits per heavy atom. The molecular formula is C27H29N3O3S. The van der Waals surface area contributed by atoms with Crippen LogP contribution in [0.3, 0.4) is 0 Å². The maximum Gasteiger partial charge on any atom is 0.270 e. The summed E-state index contributed by atoms with van der Waals surface area (Å²) in [7, 11) is 1.60. The standard InChI is InChI=1S/C27H29N3O3S/c1-6-12-29-22-15-23(33-5)18(13-20(22)17(2)16-27(29,3)4)14-21-24(31)28-26(34)30(25(21)32)19-10-8-7-9-11-19/h7-11,13-16H,6,12H2,1-5H3,(H,28,31,34)/b21-14-. The van der Waals surface area contributed by atoms with Crippen LogP contribution in [0.25, 0.3) is 11.6 Å². The van der Waals surface area contributed by atoms with E-state index in [1.54, 1.807) is 25.3 Å². The summed E-state index contributed by atoms with van der Waals surface area (Å²) in [5, 5.41) is 2.70. The molecule has 2 aliphatic heterocycles. The van der Waals surface area contributed by atoms with Gasteiger partial charge in [-0.25, -0.2) is 0 Å². The van der Waals surface area contributed by atoms with Crippen LogP contribution in [0.15, 0.2) is 54.1 Å². The van der Waals surface area contributed by atoms with Crippen molar-refractivity contribution in [2.75, 3.05) is 23.5 Å². The first-order chi connectivity index (χ1) is 16.2. The summed E-state index contributed by atoms with van der Waals surface area (Å²) in [6.07, 6.45) is 4.85. The maximum absolute atomic E-state index is 13.4. The number of rotatable bonds is 5. The Balaban J connectivity index is 1.83. The molecule has 0 bridgehead atoms. The molecule has 2 aromatic rings. The smallest absolute Gasteiger partial charge is 0.270 e. The number of allylic oxidation sites excluding steroid dienone is 1. The predicted octanol–water partition coefficient (Wildman–Crippen LogP) is 4.94. The maximum atomic E-state index is 13.4. The van der Waals surface area contributed by atoms with Crippen LogP contribution in [0.5, 0.6) is 5.75 Å². The predicted molar refractivity (Wildman–Crippen MR) is 141 cm³/mol. The number of thiocarbonyl (C=S) groups is 1. The number of fused-ring (bicyclic) bond motifs is 1. The summed E-state index contributed by atoms with van der Waals surface area (Å²) in [5.41, 5.74) is 4.39. The summed E-state index contributed by atoms with van der Waals surface area (Å²) < 4.78 is 5.71. The molecule has 2 amide bonds. The van der Waals surface area contributed by atoms with E-state index < -0.39 is 11.8 Å². The molecule has 1 fully saturated rings.